The highest BCUT2D eigenvalue weighted by atomic mass is 35.5. The van der Waals surface area contributed by atoms with Gasteiger partial charge in [0.15, 0.2) is 6.61 Å². The van der Waals surface area contributed by atoms with Crippen LogP contribution in [0.15, 0.2) is 18.2 Å². The Morgan fingerprint density at radius 2 is 2.44 bits per heavy atom. The second-order valence-corrected chi connectivity index (χ2v) is 3.48. The molecule has 0 aliphatic rings. The Balaban J connectivity index is 2.24. The number of carbonyl (C=O) groups excluding carboxylic acids is 1. The zero-order chi connectivity index (χ0) is 11.5. The molecular weight excluding hydrogens is 232 g/mol. The Bertz CT molecular complexity index is 525. The highest BCUT2D eigenvalue weighted by Gasteiger charge is 2.07. The molecule has 0 aliphatic carbocycles. The van der Waals surface area contributed by atoms with Gasteiger partial charge in [0, 0.05) is 12.1 Å². The molecule has 0 saturated heterocycles. The Kier molecular flexibility index (Phi) is 2.91. The summed E-state index contributed by atoms with van der Waals surface area (Å²) in [7, 11) is 1.53. The first-order valence-corrected chi connectivity index (χ1v) is 4.93. The summed E-state index contributed by atoms with van der Waals surface area (Å²) in [5.74, 6) is -0.245. The fraction of sp³-hybridized carbons (Fsp3) is 0.222. The molecular formula is C9H9ClN4O2. The molecule has 1 aromatic carbocycles. The Labute approximate surface area is 96.1 Å². The molecule has 0 radical (unpaired) electrons. The lowest BCUT2D eigenvalue weighted by Gasteiger charge is -2.03. The molecule has 7 heteroatoms. The van der Waals surface area contributed by atoms with Crippen LogP contribution in [0.4, 0.5) is 0 Å². The Morgan fingerprint density at radius 1 is 1.62 bits per heavy atom. The fourth-order valence-corrected chi connectivity index (χ4v) is 1.32. The maximum Gasteiger partial charge on any atom is 0.260 e. The van der Waals surface area contributed by atoms with Crippen molar-refractivity contribution >= 4 is 28.5 Å². The summed E-state index contributed by atoms with van der Waals surface area (Å²) in [6.45, 7) is -0.124. The average Bonchev–Trinajstić information content (AvgIpc) is 2.68. The lowest BCUT2D eigenvalue weighted by molar-refractivity contribution is -0.125. The van der Waals surface area contributed by atoms with Crippen LogP contribution in [0.2, 0.25) is 5.02 Å². The van der Waals surface area contributed by atoms with Gasteiger partial charge < -0.3 is 10.2 Å². The minimum absolute atomic E-state index is 0.124. The molecule has 0 fully saturated rings. The maximum atomic E-state index is 11.0. The van der Waals surface area contributed by atoms with Crippen molar-refractivity contribution in [2.45, 2.75) is 0 Å². The summed E-state index contributed by atoms with van der Waals surface area (Å²) in [5.41, 5.74) is 1.28. The van der Waals surface area contributed by atoms with Gasteiger partial charge in [-0.05, 0) is 23.4 Å². The molecule has 0 unspecified atom stereocenters. The summed E-state index contributed by atoms with van der Waals surface area (Å²) < 4.78 is 0. The van der Waals surface area contributed by atoms with Crippen LogP contribution in [0.1, 0.15) is 0 Å². The number of nitrogens with zero attached hydrogens (tertiary/aromatic N) is 3. The van der Waals surface area contributed by atoms with Gasteiger partial charge in [-0.2, -0.15) is 0 Å². The van der Waals surface area contributed by atoms with Gasteiger partial charge >= 0.3 is 0 Å². The highest BCUT2D eigenvalue weighted by molar-refractivity contribution is 6.31. The van der Waals surface area contributed by atoms with E-state index in [1.165, 1.54) is 11.9 Å². The number of hydrogen-bond donors (Lipinski definition) is 1. The molecule has 0 atom stereocenters. The SMILES string of the molecule is CNC(=O)COn1nnc2ccc(Cl)cc21. The predicted molar refractivity (Wildman–Crippen MR) is 58.1 cm³/mol. The zero-order valence-corrected chi connectivity index (χ0v) is 9.23. The molecule has 2 aromatic rings. The van der Waals surface area contributed by atoms with Crippen molar-refractivity contribution in [1.82, 2.24) is 20.5 Å². The van der Waals surface area contributed by atoms with Gasteiger partial charge in [-0.15, -0.1) is 5.10 Å². The van der Waals surface area contributed by atoms with Gasteiger partial charge in [-0.3, -0.25) is 4.79 Å². The quantitative estimate of drug-likeness (QED) is 0.836. The number of nitrogens with one attached hydrogen (secondary N) is 1. The molecule has 1 aromatic heterocycles. The number of likely N-dealkylation sites (N-methyl/N-ethyl adjacent to an activating group) is 1. The molecule has 1 N–H and O–H groups in total. The van der Waals surface area contributed by atoms with E-state index in [0.717, 1.165) is 0 Å². The van der Waals surface area contributed by atoms with Gasteiger partial charge in [0.1, 0.15) is 11.0 Å². The van der Waals surface area contributed by atoms with Crippen molar-refractivity contribution < 1.29 is 9.63 Å². The molecule has 0 saturated carbocycles. The number of hydrogen-bond acceptors (Lipinski definition) is 4. The molecule has 0 spiro atoms. The van der Waals surface area contributed by atoms with E-state index >= 15 is 0 Å². The molecule has 1 heterocycles. The first-order valence-electron chi connectivity index (χ1n) is 4.55. The third-order valence-electron chi connectivity index (χ3n) is 1.97. The van der Waals surface area contributed by atoms with E-state index in [1.807, 2.05) is 0 Å². The van der Waals surface area contributed by atoms with Crippen LogP contribution in [-0.2, 0) is 4.79 Å². The van der Waals surface area contributed by atoms with Gasteiger partial charge in [0.05, 0.1) is 0 Å². The summed E-state index contributed by atoms with van der Waals surface area (Å²) >= 11 is 5.83. The molecule has 1 amide bonds. The van der Waals surface area contributed by atoms with E-state index in [0.29, 0.717) is 16.1 Å². The van der Waals surface area contributed by atoms with Crippen molar-refractivity contribution in [3.8, 4) is 0 Å². The van der Waals surface area contributed by atoms with E-state index in [-0.39, 0.29) is 12.5 Å². The Morgan fingerprint density at radius 3 is 3.19 bits per heavy atom. The number of fused-ring (bicyclic) bond motifs is 1. The van der Waals surface area contributed by atoms with E-state index in [9.17, 15) is 4.79 Å². The van der Waals surface area contributed by atoms with Crippen LogP contribution in [0.5, 0.6) is 0 Å². The first kappa shape index (κ1) is 10.7. The van der Waals surface area contributed by atoms with Crippen LogP contribution < -0.4 is 10.2 Å². The van der Waals surface area contributed by atoms with Gasteiger partial charge in [0.2, 0.25) is 0 Å². The normalized spacial score (nSPS) is 10.4. The summed E-state index contributed by atoms with van der Waals surface area (Å²) in [5, 5.41) is 10.6. The summed E-state index contributed by atoms with van der Waals surface area (Å²) in [6, 6.07) is 5.10. The second kappa shape index (κ2) is 4.36. The topological polar surface area (TPSA) is 69.0 Å². The second-order valence-electron chi connectivity index (χ2n) is 3.04. The summed E-state index contributed by atoms with van der Waals surface area (Å²) in [6.07, 6.45) is 0. The van der Waals surface area contributed by atoms with Gasteiger partial charge in [-0.25, -0.2) is 0 Å². The first-order chi connectivity index (χ1) is 7.70. The van der Waals surface area contributed by atoms with Crippen LogP contribution >= 0.6 is 11.6 Å². The van der Waals surface area contributed by atoms with Gasteiger partial charge in [0.25, 0.3) is 5.91 Å². The lowest BCUT2D eigenvalue weighted by atomic mass is 10.3. The van der Waals surface area contributed by atoms with E-state index in [4.69, 9.17) is 16.4 Å². The van der Waals surface area contributed by atoms with E-state index in [1.54, 1.807) is 18.2 Å². The number of halogens is 1. The van der Waals surface area contributed by atoms with Crippen LogP contribution in [0, 0.1) is 0 Å². The zero-order valence-electron chi connectivity index (χ0n) is 8.48. The predicted octanol–water partition coefficient (Wildman–Crippen LogP) is 0.259. The van der Waals surface area contributed by atoms with Crippen LogP contribution in [-0.4, -0.2) is 34.7 Å². The number of carbonyl (C=O) groups is 1. The monoisotopic (exact) mass is 240 g/mol. The van der Waals surface area contributed by atoms with Crippen molar-refractivity contribution in [1.29, 1.82) is 0 Å². The minimum atomic E-state index is -0.245. The molecule has 2 rings (SSSR count). The third-order valence-corrected chi connectivity index (χ3v) is 2.21. The van der Waals surface area contributed by atoms with Crippen LogP contribution in [0.25, 0.3) is 11.0 Å². The Hall–Kier alpha value is -1.82. The van der Waals surface area contributed by atoms with Crippen molar-refractivity contribution in [3.63, 3.8) is 0 Å². The number of rotatable bonds is 3. The van der Waals surface area contributed by atoms with Crippen LogP contribution in [0.3, 0.4) is 0 Å². The van der Waals surface area contributed by atoms with E-state index in [2.05, 4.69) is 15.6 Å². The molecule has 0 bridgehead atoms. The van der Waals surface area contributed by atoms with Crippen molar-refractivity contribution in [2.24, 2.45) is 0 Å². The largest absolute Gasteiger partial charge is 0.385 e. The summed E-state index contributed by atoms with van der Waals surface area (Å²) in [4.78, 5) is 17.3. The van der Waals surface area contributed by atoms with Gasteiger partial charge in [-0.1, -0.05) is 16.4 Å². The highest BCUT2D eigenvalue weighted by Crippen LogP contribution is 2.16. The smallest absolute Gasteiger partial charge is 0.260 e. The number of aromatic nitrogens is 3. The van der Waals surface area contributed by atoms with Crippen molar-refractivity contribution in [3.05, 3.63) is 23.2 Å². The standard InChI is InChI=1S/C9H9ClN4O2/c1-11-9(15)5-16-14-8-4-6(10)2-3-7(8)12-13-14/h2-4H,5H2,1H3,(H,11,15). The number of amides is 1. The van der Waals surface area contributed by atoms with E-state index < -0.39 is 0 Å². The average molecular weight is 241 g/mol. The molecule has 84 valence electrons. The molecule has 0 aliphatic heterocycles. The van der Waals surface area contributed by atoms with Crippen molar-refractivity contribution in [2.75, 3.05) is 13.7 Å². The minimum Gasteiger partial charge on any atom is -0.385 e. The number of benzene rings is 1. The molecule has 16 heavy (non-hydrogen) atoms. The molecule has 6 nitrogen and oxygen atoms in total. The third kappa shape index (κ3) is 2.06. The maximum absolute atomic E-state index is 11.0. The fourth-order valence-electron chi connectivity index (χ4n) is 1.16. The lowest BCUT2D eigenvalue weighted by Crippen LogP contribution is -2.29.